The average Bonchev–Trinajstić information content (AvgIpc) is 3.33. The van der Waals surface area contributed by atoms with Crippen molar-refractivity contribution in [2.24, 2.45) is 0 Å². The molecule has 0 aliphatic heterocycles. The minimum Gasteiger partial charge on any atom is -0.467 e. The van der Waals surface area contributed by atoms with Crippen LogP contribution in [0.15, 0.2) is 80.1 Å². The van der Waals surface area contributed by atoms with E-state index in [1.807, 2.05) is 6.07 Å². The molecule has 2 amide bonds. The smallest absolute Gasteiger partial charge is 0.268 e. The summed E-state index contributed by atoms with van der Waals surface area (Å²) < 4.78 is 11.2. The minimum absolute atomic E-state index is 0.0662. The van der Waals surface area contributed by atoms with Gasteiger partial charge in [0.15, 0.2) is 0 Å². The van der Waals surface area contributed by atoms with Crippen LogP contribution in [0.25, 0.3) is 6.08 Å². The van der Waals surface area contributed by atoms with Gasteiger partial charge >= 0.3 is 0 Å². The molecule has 0 bridgehead atoms. The Hall–Kier alpha value is -3.06. The largest absolute Gasteiger partial charge is 0.467 e. The molecule has 0 radical (unpaired) electrons. The number of hydrogen-bond acceptors (Lipinski definition) is 4. The summed E-state index contributed by atoms with van der Waals surface area (Å²) in [5.41, 5.74) is 0.486. The van der Waals surface area contributed by atoms with E-state index in [4.69, 9.17) is 8.83 Å². The van der Waals surface area contributed by atoms with E-state index in [9.17, 15) is 9.59 Å². The lowest BCUT2D eigenvalue weighted by Crippen LogP contribution is -2.34. The second-order valence-corrected chi connectivity index (χ2v) is 6.22. The molecule has 2 heterocycles. The number of carbonyl (C=O) groups is 2. The van der Waals surface area contributed by atoms with E-state index in [-0.39, 0.29) is 12.2 Å². The fraction of sp³-hybridized carbons (Fsp3) is 0.0526. The van der Waals surface area contributed by atoms with Crippen LogP contribution in [-0.2, 0) is 11.3 Å². The van der Waals surface area contributed by atoms with E-state index in [2.05, 4.69) is 26.6 Å². The van der Waals surface area contributed by atoms with Gasteiger partial charge in [-0.3, -0.25) is 9.59 Å². The molecule has 0 fully saturated rings. The quantitative estimate of drug-likeness (QED) is 0.601. The Balaban J connectivity index is 1.77. The molecule has 132 valence electrons. The molecule has 0 atom stereocenters. The molecular weight excluding hydrogens is 400 g/mol. The molecule has 0 unspecified atom stereocenters. The summed E-state index contributed by atoms with van der Waals surface area (Å²) in [6.45, 7) is 0.202. The van der Waals surface area contributed by atoms with Crippen LogP contribution in [0, 0.1) is 0 Å². The number of amides is 2. The average molecular weight is 415 g/mol. The summed E-state index contributed by atoms with van der Waals surface area (Å²) in [4.78, 5) is 25.0. The van der Waals surface area contributed by atoms with Crippen LogP contribution in [0.5, 0.6) is 0 Å². The van der Waals surface area contributed by atoms with Crippen LogP contribution in [0.2, 0.25) is 0 Å². The van der Waals surface area contributed by atoms with Crippen LogP contribution >= 0.6 is 15.9 Å². The molecule has 1 aromatic carbocycles. The first-order chi connectivity index (χ1) is 12.6. The first-order valence-electron chi connectivity index (χ1n) is 7.74. The van der Waals surface area contributed by atoms with Gasteiger partial charge in [0.25, 0.3) is 11.8 Å². The third-order valence-electron chi connectivity index (χ3n) is 3.41. The standard InChI is InChI=1S/C19H15BrN2O4/c20-14-5-1-4-13(10-14)18(23)22-17(11-15-6-2-8-25-15)19(24)21-12-16-7-3-9-26-16/h1-11H,12H2,(H,21,24)(H,22,23). The Labute approximate surface area is 158 Å². The molecular formula is C19H15BrN2O4. The predicted molar refractivity (Wildman–Crippen MR) is 98.8 cm³/mol. The van der Waals surface area contributed by atoms with Crippen molar-refractivity contribution in [1.29, 1.82) is 0 Å². The van der Waals surface area contributed by atoms with Crippen LogP contribution in [0.1, 0.15) is 21.9 Å². The third-order valence-corrected chi connectivity index (χ3v) is 3.91. The van der Waals surface area contributed by atoms with E-state index in [0.29, 0.717) is 17.1 Å². The molecule has 0 aliphatic carbocycles. The fourth-order valence-corrected chi connectivity index (χ4v) is 2.57. The topological polar surface area (TPSA) is 84.5 Å². The third kappa shape index (κ3) is 4.73. The zero-order chi connectivity index (χ0) is 18.4. The number of hydrogen-bond donors (Lipinski definition) is 2. The molecule has 2 N–H and O–H groups in total. The lowest BCUT2D eigenvalue weighted by molar-refractivity contribution is -0.118. The monoisotopic (exact) mass is 414 g/mol. The van der Waals surface area contributed by atoms with Gasteiger partial charge in [-0.15, -0.1) is 0 Å². The summed E-state index contributed by atoms with van der Waals surface area (Å²) in [5.74, 6) is 0.190. The van der Waals surface area contributed by atoms with Crippen molar-refractivity contribution in [2.75, 3.05) is 0 Å². The van der Waals surface area contributed by atoms with Gasteiger partial charge in [-0.25, -0.2) is 0 Å². The molecule has 7 heteroatoms. The van der Waals surface area contributed by atoms with Gasteiger partial charge in [0, 0.05) is 16.1 Å². The van der Waals surface area contributed by atoms with Crippen molar-refractivity contribution in [2.45, 2.75) is 6.54 Å². The Morgan fingerprint density at radius 2 is 1.85 bits per heavy atom. The van der Waals surface area contributed by atoms with Gasteiger partial charge in [0.2, 0.25) is 0 Å². The molecule has 0 saturated heterocycles. The summed E-state index contributed by atoms with van der Waals surface area (Å²) >= 11 is 3.32. The van der Waals surface area contributed by atoms with Crippen molar-refractivity contribution in [3.05, 3.63) is 88.3 Å². The SMILES string of the molecule is O=C(NCc1ccco1)C(=Cc1ccco1)NC(=O)c1cccc(Br)c1. The molecule has 3 aromatic rings. The molecule has 2 aromatic heterocycles. The molecule has 26 heavy (non-hydrogen) atoms. The lowest BCUT2D eigenvalue weighted by atomic mass is 10.2. The predicted octanol–water partition coefficient (Wildman–Crippen LogP) is 3.72. The van der Waals surface area contributed by atoms with Crippen molar-refractivity contribution in [3.63, 3.8) is 0 Å². The van der Waals surface area contributed by atoms with Gasteiger partial charge < -0.3 is 19.5 Å². The summed E-state index contributed by atoms with van der Waals surface area (Å²) in [6, 6.07) is 13.7. The highest BCUT2D eigenvalue weighted by Crippen LogP contribution is 2.13. The second kappa shape index (κ2) is 8.35. The van der Waals surface area contributed by atoms with Gasteiger partial charge in [0.05, 0.1) is 19.1 Å². The van der Waals surface area contributed by atoms with Gasteiger partial charge in [-0.2, -0.15) is 0 Å². The zero-order valence-electron chi connectivity index (χ0n) is 13.6. The van der Waals surface area contributed by atoms with Crippen molar-refractivity contribution in [1.82, 2.24) is 10.6 Å². The van der Waals surface area contributed by atoms with Crippen molar-refractivity contribution >= 4 is 33.8 Å². The lowest BCUT2D eigenvalue weighted by Gasteiger charge is -2.10. The van der Waals surface area contributed by atoms with Gasteiger partial charge in [0.1, 0.15) is 17.2 Å². The molecule has 6 nitrogen and oxygen atoms in total. The summed E-state index contributed by atoms with van der Waals surface area (Å²) in [7, 11) is 0. The zero-order valence-corrected chi connectivity index (χ0v) is 15.2. The maximum absolute atomic E-state index is 12.5. The van der Waals surface area contributed by atoms with E-state index in [0.717, 1.165) is 4.47 Å². The summed E-state index contributed by atoms with van der Waals surface area (Å²) in [6.07, 6.45) is 4.48. The van der Waals surface area contributed by atoms with Crippen LogP contribution in [-0.4, -0.2) is 11.8 Å². The Morgan fingerprint density at radius 1 is 1.04 bits per heavy atom. The van der Waals surface area contributed by atoms with Gasteiger partial charge in [-0.1, -0.05) is 22.0 Å². The minimum atomic E-state index is -0.457. The normalized spacial score (nSPS) is 11.2. The maximum Gasteiger partial charge on any atom is 0.268 e. The first-order valence-corrected chi connectivity index (χ1v) is 8.54. The van der Waals surface area contributed by atoms with Crippen LogP contribution < -0.4 is 10.6 Å². The number of nitrogens with one attached hydrogen (secondary N) is 2. The van der Waals surface area contributed by atoms with E-state index in [1.165, 1.54) is 18.6 Å². The highest BCUT2D eigenvalue weighted by Gasteiger charge is 2.15. The molecule has 3 rings (SSSR count). The van der Waals surface area contributed by atoms with Crippen LogP contribution in [0.4, 0.5) is 0 Å². The number of halogens is 1. The van der Waals surface area contributed by atoms with E-state index >= 15 is 0 Å². The molecule has 0 saturated carbocycles. The Morgan fingerprint density at radius 3 is 2.54 bits per heavy atom. The number of benzene rings is 1. The van der Waals surface area contributed by atoms with Crippen LogP contribution in [0.3, 0.4) is 0 Å². The van der Waals surface area contributed by atoms with E-state index < -0.39 is 11.8 Å². The number of carbonyl (C=O) groups excluding carboxylic acids is 2. The summed E-state index contributed by atoms with van der Waals surface area (Å²) in [5, 5.41) is 5.33. The first kappa shape index (κ1) is 17.8. The maximum atomic E-state index is 12.5. The molecule has 0 aliphatic rings. The highest BCUT2D eigenvalue weighted by molar-refractivity contribution is 9.10. The second-order valence-electron chi connectivity index (χ2n) is 5.30. The Bertz CT molecular complexity index is 915. The van der Waals surface area contributed by atoms with Crippen molar-refractivity contribution < 1.29 is 18.4 Å². The Kier molecular flexibility index (Phi) is 5.70. The highest BCUT2D eigenvalue weighted by atomic mass is 79.9. The number of rotatable bonds is 6. The number of furan rings is 2. The van der Waals surface area contributed by atoms with Crippen molar-refractivity contribution in [3.8, 4) is 0 Å². The fourth-order valence-electron chi connectivity index (χ4n) is 2.17. The molecule has 0 spiro atoms. The van der Waals surface area contributed by atoms with E-state index in [1.54, 1.807) is 42.5 Å². The van der Waals surface area contributed by atoms with Gasteiger partial charge in [-0.05, 0) is 42.5 Å².